The van der Waals surface area contributed by atoms with Gasteiger partial charge in [0.25, 0.3) is 5.91 Å². The van der Waals surface area contributed by atoms with E-state index in [2.05, 4.69) is 0 Å². The van der Waals surface area contributed by atoms with E-state index in [9.17, 15) is 9.59 Å². The highest BCUT2D eigenvalue weighted by molar-refractivity contribution is 5.92. The Kier molecular flexibility index (Phi) is 4.44. The number of carboxylic acid groups (broad SMARTS) is 1. The Bertz CT molecular complexity index is 486. The van der Waals surface area contributed by atoms with Crippen molar-refractivity contribution < 1.29 is 23.8 Å². The van der Waals surface area contributed by atoms with E-state index >= 15 is 0 Å². The number of carboxylic acids is 1. The first-order valence-electron chi connectivity index (χ1n) is 6.82. The molecule has 1 fully saturated rings. The van der Waals surface area contributed by atoms with Crippen LogP contribution in [0.15, 0.2) is 10.5 Å². The normalized spacial score (nSPS) is 19.1. The molecule has 20 heavy (non-hydrogen) atoms. The zero-order chi connectivity index (χ0) is 14.7. The zero-order valence-electron chi connectivity index (χ0n) is 11.7. The topological polar surface area (TPSA) is 80.0 Å². The molecule has 1 unspecified atom stereocenters. The summed E-state index contributed by atoms with van der Waals surface area (Å²) in [6.07, 6.45) is 0.581. The number of hydrogen-bond donors (Lipinski definition) is 1. The van der Waals surface area contributed by atoms with Gasteiger partial charge in [-0.25, -0.2) is 4.79 Å². The van der Waals surface area contributed by atoms with Gasteiger partial charge in [-0.15, -0.1) is 0 Å². The molecule has 0 aromatic carbocycles. The van der Waals surface area contributed by atoms with Gasteiger partial charge >= 0.3 is 5.97 Å². The molecular weight excluding hydrogens is 262 g/mol. The smallest absolute Gasteiger partial charge is 0.334 e. The lowest BCUT2D eigenvalue weighted by atomic mass is 10.1. The Morgan fingerprint density at radius 2 is 2.15 bits per heavy atom. The lowest BCUT2D eigenvalue weighted by Gasteiger charge is -2.30. The molecule has 1 N–H and O–H groups in total. The molecule has 1 aliphatic rings. The number of carbonyl (C=O) groups excluding carboxylic acids is 1. The molecule has 1 saturated heterocycles. The average Bonchev–Trinajstić information content (AvgIpc) is 2.89. The SMILES string of the molecule is CCc1cc(C(=O)N2CCOC(C(=O)O)C2)oc1CC. The maximum Gasteiger partial charge on any atom is 0.334 e. The molecule has 6 heteroatoms. The van der Waals surface area contributed by atoms with Crippen LogP contribution < -0.4 is 0 Å². The standard InChI is InChI=1S/C14H19NO5/c1-3-9-7-11(20-10(9)4-2)13(16)15-5-6-19-12(8-15)14(17)18/h7,12H,3-6,8H2,1-2H3,(H,17,18). The predicted octanol–water partition coefficient (Wildman–Crippen LogP) is 1.33. The summed E-state index contributed by atoms with van der Waals surface area (Å²) in [4.78, 5) is 24.7. The van der Waals surface area contributed by atoms with Crippen LogP contribution in [-0.2, 0) is 22.4 Å². The number of aryl methyl sites for hydroxylation is 2. The minimum absolute atomic E-state index is 0.0534. The van der Waals surface area contributed by atoms with Crippen molar-refractivity contribution in [2.24, 2.45) is 0 Å². The van der Waals surface area contributed by atoms with E-state index < -0.39 is 12.1 Å². The van der Waals surface area contributed by atoms with Gasteiger partial charge in [-0.3, -0.25) is 4.79 Å². The van der Waals surface area contributed by atoms with E-state index in [1.54, 1.807) is 6.07 Å². The first kappa shape index (κ1) is 14.6. The van der Waals surface area contributed by atoms with Crippen LogP contribution in [0.3, 0.4) is 0 Å². The van der Waals surface area contributed by atoms with Crippen molar-refractivity contribution in [3.05, 3.63) is 23.2 Å². The van der Waals surface area contributed by atoms with Gasteiger partial charge < -0.3 is 19.2 Å². The van der Waals surface area contributed by atoms with Crippen LogP contribution >= 0.6 is 0 Å². The Labute approximate surface area is 117 Å². The minimum atomic E-state index is -1.05. The molecule has 2 rings (SSSR count). The van der Waals surface area contributed by atoms with Gasteiger partial charge in [-0.05, 0) is 18.1 Å². The summed E-state index contributed by atoms with van der Waals surface area (Å²) in [5, 5.41) is 8.95. The lowest BCUT2D eigenvalue weighted by molar-refractivity contribution is -0.154. The summed E-state index contributed by atoms with van der Waals surface area (Å²) in [7, 11) is 0. The highest BCUT2D eigenvalue weighted by atomic mass is 16.5. The number of amides is 1. The third-order valence-electron chi connectivity index (χ3n) is 3.44. The lowest BCUT2D eigenvalue weighted by Crippen LogP contribution is -2.48. The molecule has 110 valence electrons. The van der Waals surface area contributed by atoms with Crippen LogP contribution in [0.25, 0.3) is 0 Å². The zero-order valence-corrected chi connectivity index (χ0v) is 11.7. The first-order valence-corrected chi connectivity index (χ1v) is 6.82. The Morgan fingerprint density at radius 1 is 1.40 bits per heavy atom. The molecule has 0 radical (unpaired) electrons. The largest absolute Gasteiger partial charge is 0.479 e. The maximum atomic E-state index is 12.3. The molecule has 1 amide bonds. The van der Waals surface area contributed by atoms with Crippen LogP contribution in [0, 0.1) is 0 Å². The molecule has 0 spiro atoms. The van der Waals surface area contributed by atoms with Gasteiger partial charge in [-0.2, -0.15) is 0 Å². The van der Waals surface area contributed by atoms with Crippen LogP contribution in [0.5, 0.6) is 0 Å². The maximum absolute atomic E-state index is 12.3. The Morgan fingerprint density at radius 3 is 2.70 bits per heavy atom. The van der Waals surface area contributed by atoms with Crippen LogP contribution in [-0.4, -0.2) is 47.7 Å². The third kappa shape index (κ3) is 2.85. The van der Waals surface area contributed by atoms with Gasteiger partial charge in [0.05, 0.1) is 13.2 Å². The molecule has 1 aromatic heterocycles. The average molecular weight is 281 g/mol. The summed E-state index contributed by atoms with van der Waals surface area (Å²) >= 11 is 0. The van der Waals surface area contributed by atoms with Gasteiger partial charge in [0.2, 0.25) is 0 Å². The highest BCUT2D eigenvalue weighted by Gasteiger charge is 2.31. The number of ether oxygens (including phenoxy) is 1. The van der Waals surface area contributed by atoms with Crippen LogP contribution in [0.4, 0.5) is 0 Å². The number of furan rings is 1. The second-order valence-corrected chi connectivity index (χ2v) is 4.72. The molecule has 0 aliphatic carbocycles. The third-order valence-corrected chi connectivity index (χ3v) is 3.44. The van der Waals surface area contributed by atoms with Crippen molar-refractivity contribution in [2.75, 3.05) is 19.7 Å². The van der Waals surface area contributed by atoms with Gasteiger partial charge in [0.1, 0.15) is 5.76 Å². The monoisotopic (exact) mass is 281 g/mol. The summed E-state index contributed by atoms with van der Waals surface area (Å²) in [5.74, 6) is -0.219. The fourth-order valence-corrected chi connectivity index (χ4v) is 2.31. The summed E-state index contributed by atoms with van der Waals surface area (Å²) in [5.41, 5.74) is 1.03. The van der Waals surface area contributed by atoms with E-state index in [4.69, 9.17) is 14.3 Å². The highest BCUT2D eigenvalue weighted by Crippen LogP contribution is 2.19. The van der Waals surface area contributed by atoms with E-state index in [1.807, 2.05) is 13.8 Å². The minimum Gasteiger partial charge on any atom is -0.479 e. The summed E-state index contributed by atoms with van der Waals surface area (Å²) in [6, 6.07) is 1.76. The van der Waals surface area contributed by atoms with Crippen molar-refractivity contribution in [1.29, 1.82) is 0 Å². The second-order valence-electron chi connectivity index (χ2n) is 4.72. The van der Waals surface area contributed by atoms with Crippen molar-refractivity contribution >= 4 is 11.9 Å². The van der Waals surface area contributed by atoms with E-state index in [-0.39, 0.29) is 24.8 Å². The van der Waals surface area contributed by atoms with Crippen LogP contribution in [0.1, 0.15) is 35.7 Å². The Hall–Kier alpha value is -1.82. The van der Waals surface area contributed by atoms with Gasteiger partial charge in [-0.1, -0.05) is 13.8 Å². The second kappa shape index (κ2) is 6.09. The number of rotatable bonds is 4. The quantitative estimate of drug-likeness (QED) is 0.900. The molecule has 6 nitrogen and oxygen atoms in total. The van der Waals surface area contributed by atoms with E-state index in [1.165, 1.54) is 4.90 Å². The molecular formula is C14H19NO5. The number of nitrogens with zero attached hydrogens (tertiary/aromatic N) is 1. The first-order chi connectivity index (χ1) is 9.56. The molecule has 0 saturated carbocycles. The van der Waals surface area contributed by atoms with Crippen molar-refractivity contribution in [3.8, 4) is 0 Å². The molecule has 1 aliphatic heterocycles. The van der Waals surface area contributed by atoms with Gasteiger partial charge in [0.15, 0.2) is 11.9 Å². The van der Waals surface area contributed by atoms with E-state index in [0.717, 1.165) is 24.2 Å². The number of aliphatic carboxylic acids is 1. The van der Waals surface area contributed by atoms with Crippen molar-refractivity contribution in [1.82, 2.24) is 4.90 Å². The van der Waals surface area contributed by atoms with E-state index in [0.29, 0.717) is 6.54 Å². The summed E-state index contributed by atoms with van der Waals surface area (Å²) in [6.45, 7) is 4.64. The number of carbonyl (C=O) groups is 2. The fraction of sp³-hybridized carbons (Fsp3) is 0.571. The molecule has 0 bridgehead atoms. The molecule has 2 heterocycles. The van der Waals surface area contributed by atoms with Crippen molar-refractivity contribution in [3.63, 3.8) is 0 Å². The van der Waals surface area contributed by atoms with Crippen LogP contribution in [0.2, 0.25) is 0 Å². The molecule has 1 atom stereocenters. The number of morpholine rings is 1. The number of hydrogen-bond acceptors (Lipinski definition) is 4. The van der Waals surface area contributed by atoms with Gasteiger partial charge in [0, 0.05) is 13.0 Å². The predicted molar refractivity (Wildman–Crippen MR) is 70.7 cm³/mol. The Balaban J connectivity index is 2.14. The summed E-state index contributed by atoms with van der Waals surface area (Å²) < 4.78 is 10.7. The fourth-order valence-electron chi connectivity index (χ4n) is 2.31. The van der Waals surface area contributed by atoms with Crippen molar-refractivity contribution in [2.45, 2.75) is 32.8 Å². The molecule has 1 aromatic rings.